The molecule has 0 aliphatic carbocycles. The van der Waals surface area contributed by atoms with Crippen LogP contribution in [0.3, 0.4) is 0 Å². The number of hydrogen-bond donors (Lipinski definition) is 2. The van der Waals surface area contributed by atoms with Crippen LogP contribution in [0.1, 0.15) is 24.6 Å². The average molecular weight is 205 g/mol. The van der Waals surface area contributed by atoms with Crippen LogP contribution in [0.2, 0.25) is 0 Å². The normalized spacial score (nSPS) is 11.9. The standard InChI is InChI=1S/C11H15N3O/c1-8-3-4-10(7-12)11(14-8)13-6-5-9(2)15/h3-4,9,15H,5-6H2,1-2H3,(H,13,14). The first-order chi connectivity index (χ1) is 7.13. The minimum atomic E-state index is -0.340. The monoisotopic (exact) mass is 205 g/mol. The zero-order chi connectivity index (χ0) is 11.3. The van der Waals surface area contributed by atoms with Crippen LogP contribution >= 0.6 is 0 Å². The van der Waals surface area contributed by atoms with E-state index in [1.54, 1.807) is 19.1 Å². The Kier molecular flexibility index (Phi) is 4.07. The summed E-state index contributed by atoms with van der Waals surface area (Å²) in [6, 6.07) is 5.62. The second kappa shape index (κ2) is 5.32. The molecule has 0 aromatic carbocycles. The number of nitrogens with zero attached hydrogens (tertiary/aromatic N) is 2. The minimum absolute atomic E-state index is 0.340. The molecule has 0 saturated heterocycles. The van der Waals surface area contributed by atoms with Gasteiger partial charge < -0.3 is 10.4 Å². The minimum Gasteiger partial charge on any atom is -0.393 e. The zero-order valence-electron chi connectivity index (χ0n) is 8.99. The third-order valence-corrected chi connectivity index (χ3v) is 2.01. The van der Waals surface area contributed by atoms with Crippen LogP contribution in [-0.2, 0) is 0 Å². The SMILES string of the molecule is Cc1ccc(C#N)c(NCCC(C)O)n1. The van der Waals surface area contributed by atoms with Crippen molar-refractivity contribution in [2.24, 2.45) is 0 Å². The van der Waals surface area contributed by atoms with Crippen molar-refractivity contribution >= 4 is 5.82 Å². The Morgan fingerprint density at radius 3 is 2.93 bits per heavy atom. The summed E-state index contributed by atoms with van der Waals surface area (Å²) in [4.78, 5) is 4.23. The van der Waals surface area contributed by atoms with E-state index < -0.39 is 0 Å². The molecule has 1 atom stereocenters. The summed E-state index contributed by atoms with van der Waals surface area (Å²) < 4.78 is 0. The summed E-state index contributed by atoms with van der Waals surface area (Å²) >= 11 is 0. The maximum atomic E-state index is 9.09. The van der Waals surface area contributed by atoms with Crippen molar-refractivity contribution in [3.05, 3.63) is 23.4 Å². The summed E-state index contributed by atoms with van der Waals surface area (Å²) in [5.41, 5.74) is 1.40. The van der Waals surface area contributed by atoms with Gasteiger partial charge in [0.15, 0.2) is 0 Å². The fourth-order valence-electron chi connectivity index (χ4n) is 1.18. The lowest BCUT2D eigenvalue weighted by Crippen LogP contribution is -2.11. The molecule has 0 saturated carbocycles. The maximum Gasteiger partial charge on any atom is 0.144 e. The Balaban J connectivity index is 2.67. The molecule has 0 spiro atoms. The molecule has 0 radical (unpaired) electrons. The van der Waals surface area contributed by atoms with Crippen LogP contribution in [0.15, 0.2) is 12.1 Å². The van der Waals surface area contributed by atoms with E-state index in [0.717, 1.165) is 5.69 Å². The molecule has 4 heteroatoms. The van der Waals surface area contributed by atoms with Crippen LogP contribution < -0.4 is 5.32 Å². The van der Waals surface area contributed by atoms with E-state index >= 15 is 0 Å². The van der Waals surface area contributed by atoms with E-state index in [2.05, 4.69) is 16.4 Å². The highest BCUT2D eigenvalue weighted by molar-refractivity contribution is 5.52. The van der Waals surface area contributed by atoms with E-state index in [-0.39, 0.29) is 6.10 Å². The van der Waals surface area contributed by atoms with Crippen LogP contribution in [0.25, 0.3) is 0 Å². The molecule has 1 unspecified atom stereocenters. The summed E-state index contributed by atoms with van der Waals surface area (Å²) in [7, 11) is 0. The molecular weight excluding hydrogens is 190 g/mol. The Morgan fingerprint density at radius 1 is 1.60 bits per heavy atom. The smallest absolute Gasteiger partial charge is 0.144 e. The van der Waals surface area contributed by atoms with Crippen molar-refractivity contribution < 1.29 is 5.11 Å². The highest BCUT2D eigenvalue weighted by Crippen LogP contribution is 2.11. The van der Waals surface area contributed by atoms with Gasteiger partial charge in [0.2, 0.25) is 0 Å². The van der Waals surface area contributed by atoms with Crippen molar-refractivity contribution in [1.82, 2.24) is 4.98 Å². The van der Waals surface area contributed by atoms with Crippen LogP contribution in [-0.4, -0.2) is 22.7 Å². The van der Waals surface area contributed by atoms with Crippen LogP contribution in [0.4, 0.5) is 5.82 Å². The lowest BCUT2D eigenvalue weighted by Gasteiger charge is -2.08. The number of aromatic nitrogens is 1. The third kappa shape index (κ3) is 3.56. The summed E-state index contributed by atoms with van der Waals surface area (Å²) in [5.74, 6) is 0.596. The van der Waals surface area contributed by atoms with Gasteiger partial charge in [0, 0.05) is 12.2 Å². The second-order valence-electron chi connectivity index (χ2n) is 3.53. The predicted molar refractivity (Wildman–Crippen MR) is 58.5 cm³/mol. The lowest BCUT2D eigenvalue weighted by atomic mass is 10.2. The van der Waals surface area contributed by atoms with Gasteiger partial charge in [0.25, 0.3) is 0 Å². The summed E-state index contributed by atoms with van der Waals surface area (Å²) in [5, 5.41) is 21.0. The molecule has 80 valence electrons. The summed E-state index contributed by atoms with van der Waals surface area (Å²) in [6.45, 7) is 4.22. The fourth-order valence-corrected chi connectivity index (χ4v) is 1.18. The zero-order valence-corrected chi connectivity index (χ0v) is 8.99. The molecule has 4 nitrogen and oxygen atoms in total. The molecule has 0 amide bonds. The number of anilines is 1. The van der Waals surface area contributed by atoms with Crippen molar-refractivity contribution in [3.8, 4) is 6.07 Å². The molecule has 0 fully saturated rings. The first-order valence-corrected chi connectivity index (χ1v) is 4.93. The molecule has 0 aliphatic rings. The van der Waals surface area contributed by atoms with Gasteiger partial charge in [-0.25, -0.2) is 4.98 Å². The van der Waals surface area contributed by atoms with Gasteiger partial charge >= 0.3 is 0 Å². The topological polar surface area (TPSA) is 68.9 Å². The average Bonchev–Trinajstić information content (AvgIpc) is 2.17. The van der Waals surface area contributed by atoms with Gasteiger partial charge in [-0.05, 0) is 32.4 Å². The number of nitrogens with one attached hydrogen (secondary N) is 1. The van der Waals surface area contributed by atoms with Crippen molar-refractivity contribution in [2.45, 2.75) is 26.4 Å². The van der Waals surface area contributed by atoms with Gasteiger partial charge in [-0.15, -0.1) is 0 Å². The quantitative estimate of drug-likeness (QED) is 0.780. The second-order valence-corrected chi connectivity index (χ2v) is 3.53. The fraction of sp³-hybridized carbons (Fsp3) is 0.455. The molecule has 1 heterocycles. The molecule has 1 aromatic rings. The number of hydrogen-bond acceptors (Lipinski definition) is 4. The Morgan fingerprint density at radius 2 is 2.33 bits per heavy atom. The van der Waals surface area contributed by atoms with Gasteiger partial charge in [-0.1, -0.05) is 0 Å². The Bertz CT molecular complexity index is 369. The number of rotatable bonds is 4. The third-order valence-electron chi connectivity index (χ3n) is 2.01. The number of aliphatic hydroxyl groups excluding tert-OH is 1. The number of aryl methyl sites for hydroxylation is 1. The molecule has 0 aliphatic heterocycles. The molecule has 1 aromatic heterocycles. The van der Waals surface area contributed by atoms with Crippen molar-refractivity contribution in [1.29, 1.82) is 5.26 Å². The first-order valence-electron chi connectivity index (χ1n) is 4.93. The Labute approximate surface area is 89.6 Å². The highest BCUT2D eigenvalue weighted by atomic mass is 16.3. The van der Waals surface area contributed by atoms with E-state index in [1.165, 1.54) is 0 Å². The van der Waals surface area contributed by atoms with E-state index in [1.807, 2.05) is 6.92 Å². The molecule has 15 heavy (non-hydrogen) atoms. The highest BCUT2D eigenvalue weighted by Gasteiger charge is 2.03. The maximum absolute atomic E-state index is 9.09. The largest absolute Gasteiger partial charge is 0.393 e. The molecule has 1 rings (SSSR count). The lowest BCUT2D eigenvalue weighted by molar-refractivity contribution is 0.188. The number of pyridine rings is 1. The van der Waals surface area contributed by atoms with Crippen molar-refractivity contribution in [2.75, 3.05) is 11.9 Å². The van der Waals surface area contributed by atoms with Gasteiger partial charge in [-0.3, -0.25) is 0 Å². The molecular formula is C11H15N3O. The number of aliphatic hydroxyl groups is 1. The first kappa shape index (κ1) is 11.5. The van der Waals surface area contributed by atoms with Crippen molar-refractivity contribution in [3.63, 3.8) is 0 Å². The van der Waals surface area contributed by atoms with Gasteiger partial charge in [-0.2, -0.15) is 5.26 Å². The van der Waals surface area contributed by atoms with Crippen LogP contribution in [0, 0.1) is 18.3 Å². The van der Waals surface area contributed by atoms with E-state index in [9.17, 15) is 0 Å². The van der Waals surface area contributed by atoms with E-state index in [0.29, 0.717) is 24.3 Å². The molecule has 2 N–H and O–H groups in total. The number of nitriles is 1. The van der Waals surface area contributed by atoms with Crippen LogP contribution in [0.5, 0.6) is 0 Å². The summed E-state index contributed by atoms with van der Waals surface area (Å²) in [6.07, 6.45) is 0.299. The Hall–Kier alpha value is -1.60. The molecule has 0 bridgehead atoms. The van der Waals surface area contributed by atoms with E-state index in [4.69, 9.17) is 10.4 Å². The van der Waals surface area contributed by atoms with Gasteiger partial charge in [0.05, 0.1) is 11.7 Å². The predicted octanol–water partition coefficient (Wildman–Crippen LogP) is 1.44. The van der Waals surface area contributed by atoms with Gasteiger partial charge in [0.1, 0.15) is 11.9 Å².